The lowest BCUT2D eigenvalue weighted by molar-refractivity contribution is 0.0673. The molecule has 0 aromatic carbocycles. The smallest absolute Gasteiger partial charge is 0.284 e. The number of nitrogens with zero attached hydrogens (tertiary/aromatic N) is 3. The third-order valence-corrected chi connectivity index (χ3v) is 5.01. The summed E-state index contributed by atoms with van der Waals surface area (Å²) in [6, 6.07) is 0.359. The summed E-state index contributed by atoms with van der Waals surface area (Å²) >= 11 is 1.31. The summed E-state index contributed by atoms with van der Waals surface area (Å²) in [7, 11) is 3.67. The number of aromatic nitrogens is 2. The molecule has 1 amide bonds. The van der Waals surface area contributed by atoms with Gasteiger partial charge in [0.05, 0.1) is 0 Å². The van der Waals surface area contributed by atoms with Crippen LogP contribution in [0.2, 0.25) is 0 Å². The fourth-order valence-electron chi connectivity index (χ4n) is 2.67. The normalized spacial score (nSPS) is 23.1. The van der Waals surface area contributed by atoms with Gasteiger partial charge >= 0.3 is 0 Å². The Morgan fingerprint density at radius 3 is 2.58 bits per heavy atom. The van der Waals surface area contributed by atoms with Gasteiger partial charge in [0.2, 0.25) is 10.1 Å². The summed E-state index contributed by atoms with van der Waals surface area (Å²) < 4.78 is 0. The third kappa shape index (κ3) is 3.23. The zero-order valence-electron chi connectivity index (χ0n) is 11.8. The Labute approximate surface area is 118 Å². The predicted octanol–water partition coefficient (Wildman–Crippen LogP) is 2.62. The highest BCUT2D eigenvalue weighted by atomic mass is 32.1. The van der Waals surface area contributed by atoms with Crippen molar-refractivity contribution >= 4 is 22.4 Å². The molecule has 0 unspecified atom stereocenters. The van der Waals surface area contributed by atoms with E-state index in [0.717, 1.165) is 18.8 Å². The van der Waals surface area contributed by atoms with E-state index in [0.29, 0.717) is 16.2 Å². The van der Waals surface area contributed by atoms with Crippen molar-refractivity contribution in [2.24, 2.45) is 5.92 Å². The van der Waals surface area contributed by atoms with Gasteiger partial charge in [-0.3, -0.25) is 4.79 Å². The number of carbonyl (C=O) groups excluding carboxylic acids is 1. The van der Waals surface area contributed by atoms with E-state index >= 15 is 0 Å². The van der Waals surface area contributed by atoms with Crippen LogP contribution >= 0.6 is 11.3 Å². The van der Waals surface area contributed by atoms with Crippen molar-refractivity contribution in [3.8, 4) is 0 Å². The van der Waals surface area contributed by atoms with Crippen LogP contribution in [0.15, 0.2) is 0 Å². The maximum atomic E-state index is 12.3. The van der Waals surface area contributed by atoms with Crippen molar-refractivity contribution < 1.29 is 4.79 Å². The molecule has 0 spiro atoms. The molecule has 0 radical (unpaired) electrons. The maximum Gasteiger partial charge on any atom is 0.284 e. The summed E-state index contributed by atoms with van der Waals surface area (Å²) in [5.41, 5.74) is 0. The molecule has 5 nitrogen and oxygen atoms in total. The van der Waals surface area contributed by atoms with E-state index in [4.69, 9.17) is 0 Å². The van der Waals surface area contributed by atoms with E-state index in [1.165, 1.54) is 30.6 Å². The van der Waals surface area contributed by atoms with Gasteiger partial charge in [0.15, 0.2) is 0 Å². The van der Waals surface area contributed by atoms with Gasteiger partial charge in [-0.1, -0.05) is 24.7 Å². The van der Waals surface area contributed by atoms with E-state index in [2.05, 4.69) is 22.4 Å². The molecular formula is C13H22N4OS. The van der Waals surface area contributed by atoms with E-state index in [1.807, 2.05) is 11.9 Å². The number of anilines is 1. The lowest BCUT2D eigenvalue weighted by Crippen LogP contribution is -2.39. The molecule has 1 aromatic heterocycles. The highest BCUT2D eigenvalue weighted by Crippen LogP contribution is 2.29. The minimum atomic E-state index is -0.000974. The van der Waals surface area contributed by atoms with Gasteiger partial charge in [-0.2, -0.15) is 0 Å². The highest BCUT2D eigenvalue weighted by Gasteiger charge is 2.27. The van der Waals surface area contributed by atoms with Gasteiger partial charge in [-0.15, -0.1) is 10.2 Å². The standard InChI is InChI=1S/C13H22N4OS/c1-4-9-5-7-10(8-6-9)17(3)12(18)11-15-16-13(14-2)19-11/h9-10H,4-8H2,1-3H3,(H,14,16). The highest BCUT2D eigenvalue weighted by molar-refractivity contribution is 7.17. The molecule has 1 heterocycles. The summed E-state index contributed by atoms with van der Waals surface area (Å²) in [5.74, 6) is 0.844. The molecule has 1 N–H and O–H groups in total. The molecule has 0 aliphatic heterocycles. The SMILES string of the molecule is CCC1CCC(N(C)C(=O)c2nnc(NC)s2)CC1. The molecule has 1 fully saturated rings. The number of hydrogen-bond donors (Lipinski definition) is 1. The number of nitrogens with one attached hydrogen (secondary N) is 1. The molecule has 6 heteroatoms. The lowest BCUT2D eigenvalue weighted by Gasteiger charge is -2.33. The predicted molar refractivity (Wildman–Crippen MR) is 77.6 cm³/mol. The Hall–Kier alpha value is -1.17. The van der Waals surface area contributed by atoms with Crippen LogP contribution < -0.4 is 5.32 Å². The van der Waals surface area contributed by atoms with Gasteiger partial charge < -0.3 is 10.2 Å². The van der Waals surface area contributed by atoms with Gasteiger partial charge in [0, 0.05) is 20.1 Å². The Morgan fingerprint density at radius 1 is 1.37 bits per heavy atom. The summed E-state index contributed by atoms with van der Waals surface area (Å²) in [4.78, 5) is 14.2. The summed E-state index contributed by atoms with van der Waals surface area (Å²) in [5, 5.41) is 11.9. The fourth-order valence-corrected chi connectivity index (χ4v) is 3.35. The van der Waals surface area contributed by atoms with Crippen molar-refractivity contribution in [2.45, 2.75) is 45.1 Å². The van der Waals surface area contributed by atoms with Gasteiger partial charge in [-0.05, 0) is 31.6 Å². The molecule has 1 aliphatic carbocycles. The zero-order chi connectivity index (χ0) is 13.8. The van der Waals surface area contributed by atoms with Crippen LogP contribution in [0.25, 0.3) is 0 Å². The second-order valence-corrected chi connectivity index (χ2v) is 6.14. The first-order valence-electron chi connectivity index (χ1n) is 6.94. The molecule has 2 rings (SSSR count). The Bertz CT molecular complexity index is 426. The molecule has 1 saturated carbocycles. The average Bonchev–Trinajstić information content (AvgIpc) is 2.94. The minimum Gasteiger partial charge on any atom is -0.363 e. The molecule has 0 atom stereocenters. The Balaban J connectivity index is 1.95. The van der Waals surface area contributed by atoms with Crippen molar-refractivity contribution in [2.75, 3.05) is 19.4 Å². The Kier molecular flexibility index (Phi) is 4.74. The van der Waals surface area contributed by atoms with E-state index in [1.54, 1.807) is 7.05 Å². The van der Waals surface area contributed by atoms with Gasteiger partial charge in [0.25, 0.3) is 5.91 Å². The largest absolute Gasteiger partial charge is 0.363 e. The van der Waals surface area contributed by atoms with Crippen molar-refractivity contribution in [3.05, 3.63) is 5.01 Å². The number of carbonyl (C=O) groups is 1. The van der Waals surface area contributed by atoms with Crippen LogP contribution in [-0.2, 0) is 0 Å². The van der Waals surface area contributed by atoms with E-state index in [9.17, 15) is 4.79 Å². The monoisotopic (exact) mass is 282 g/mol. The van der Waals surface area contributed by atoms with Crippen LogP contribution in [0.5, 0.6) is 0 Å². The van der Waals surface area contributed by atoms with Crippen LogP contribution in [0.4, 0.5) is 5.13 Å². The van der Waals surface area contributed by atoms with Crippen LogP contribution in [-0.4, -0.2) is 41.1 Å². The first-order valence-corrected chi connectivity index (χ1v) is 7.75. The van der Waals surface area contributed by atoms with Gasteiger partial charge in [0.1, 0.15) is 0 Å². The Morgan fingerprint density at radius 2 is 2.05 bits per heavy atom. The van der Waals surface area contributed by atoms with E-state index < -0.39 is 0 Å². The van der Waals surface area contributed by atoms with Crippen LogP contribution in [0, 0.1) is 5.92 Å². The first-order chi connectivity index (χ1) is 9.15. The molecule has 0 bridgehead atoms. The maximum absolute atomic E-state index is 12.3. The molecule has 1 aliphatic rings. The quantitative estimate of drug-likeness (QED) is 0.922. The number of amides is 1. The zero-order valence-corrected chi connectivity index (χ0v) is 12.7. The molecule has 1 aromatic rings. The minimum absolute atomic E-state index is 0.000974. The molecule has 19 heavy (non-hydrogen) atoms. The fraction of sp³-hybridized carbons (Fsp3) is 0.769. The van der Waals surface area contributed by atoms with Crippen molar-refractivity contribution in [3.63, 3.8) is 0 Å². The lowest BCUT2D eigenvalue weighted by atomic mass is 9.84. The molecule has 0 saturated heterocycles. The van der Waals surface area contributed by atoms with Crippen LogP contribution in [0.1, 0.15) is 48.8 Å². The summed E-state index contributed by atoms with van der Waals surface area (Å²) in [6.45, 7) is 2.25. The van der Waals surface area contributed by atoms with Crippen molar-refractivity contribution in [1.82, 2.24) is 15.1 Å². The number of hydrogen-bond acceptors (Lipinski definition) is 5. The van der Waals surface area contributed by atoms with Crippen molar-refractivity contribution in [1.29, 1.82) is 0 Å². The second-order valence-electron chi connectivity index (χ2n) is 5.16. The van der Waals surface area contributed by atoms with E-state index in [-0.39, 0.29) is 5.91 Å². The number of rotatable bonds is 4. The molecular weight excluding hydrogens is 260 g/mol. The van der Waals surface area contributed by atoms with Crippen LogP contribution in [0.3, 0.4) is 0 Å². The second kappa shape index (κ2) is 6.32. The first kappa shape index (κ1) is 14.2. The average molecular weight is 282 g/mol. The molecule has 106 valence electrons. The summed E-state index contributed by atoms with van der Waals surface area (Å²) in [6.07, 6.45) is 5.94. The topological polar surface area (TPSA) is 58.1 Å². The van der Waals surface area contributed by atoms with Gasteiger partial charge in [-0.25, -0.2) is 0 Å². The third-order valence-electron chi connectivity index (χ3n) is 4.08.